The molecule has 0 bridgehead atoms. The summed E-state index contributed by atoms with van der Waals surface area (Å²) in [7, 11) is -3.55. The van der Waals surface area contributed by atoms with Crippen LogP contribution in [0, 0.1) is 13.8 Å². The molecule has 0 saturated carbocycles. The predicted molar refractivity (Wildman–Crippen MR) is 91.2 cm³/mol. The van der Waals surface area contributed by atoms with Crippen molar-refractivity contribution >= 4 is 10.0 Å². The summed E-state index contributed by atoms with van der Waals surface area (Å²) in [5, 5.41) is 3.70. The Balaban J connectivity index is 1.50. The summed E-state index contributed by atoms with van der Waals surface area (Å²) < 4.78 is 32.2. The van der Waals surface area contributed by atoms with Crippen LogP contribution in [0.3, 0.4) is 0 Å². The van der Waals surface area contributed by atoms with Crippen molar-refractivity contribution < 1.29 is 12.9 Å². The topological polar surface area (TPSA) is 75.4 Å². The lowest BCUT2D eigenvalue weighted by atomic mass is 10.00. The molecule has 1 aromatic carbocycles. The van der Waals surface area contributed by atoms with Gasteiger partial charge in [0.2, 0.25) is 10.0 Å². The fourth-order valence-electron chi connectivity index (χ4n) is 3.18. The minimum Gasteiger partial charge on any atom is -0.360 e. The average Bonchev–Trinajstić information content (AvgIpc) is 2.91. The van der Waals surface area contributed by atoms with E-state index in [1.165, 1.54) is 11.1 Å². The van der Waals surface area contributed by atoms with Crippen LogP contribution in [-0.4, -0.2) is 38.1 Å². The van der Waals surface area contributed by atoms with E-state index in [1.54, 1.807) is 13.8 Å². The van der Waals surface area contributed by atoms with Gasteiger partial charge in [-0.15, -0.1) is 0 Å². The number of sulfonamides is 1. The molecule has 1 N–H and O–H groups in total. The van der Waals surface area contributed by atoms with Gasteiger partial charge in [0.05, 0.1) is 0 Å². The summed E-state index contributed by atoms with van der Waals surface area (Å²) in [6, 6.07) is 8.50. The Morgan fingerprint density at radius 3 is 2.71 bits per heavy atom. The highest BCUT2D eigenvalue weighted by Gasteiger charge is 2.23. The van der Waals surface area contributed by atoms with Crippen molar-refractivity contribution in [3.8, 4) is 0 Å². The van der Waals surface area contributed by atoms with Gasteiger partial charge in [0.1, 0.15) is 10.6 Å². The fourth-order valence-corrected chi connectivity index (χ4v) is 4.58. The highest BCUT2D eigenvalue weighted by Crippen LogP contribution is 2.19. The number of hydrogen-bond donors (Lipinski definition) is 1. The zero-order valence-corrected chi connectivity index (χ0v) is 14.9. The molecular formula is C17H23N3O3S. The Morgan fingerprint density at radius 1 is 1.25 bits per heavy atom. The van der Waals surface area contributed by atoms with Crippen molar-refractivity contribution in [2.24, 2.45) is 0 Å². The molecule has 2 aromatic rings. The van der Waals surface area contributed by atoms with Crippen molar-refractivity contribution in [3.63, 3.8) is 0 Å². The molecule has 130 valence electrons. The van der Waals surface area contributed by atoms with Crippen LogP contribution in [0.2, 0.25) is 0 Å². The zero-order valence-electron chi connectivity index (χ0n) is 14.1. The molecule has 24 heavy (non-hydrogen) atoms. The molecule has 7 heteroatoms. The molecule has 0 unspecified atom stereocenters. The maximum atomic E-state index is 12.3. The first-order chi connectivity index (χ1) is 11.5. The summed E-state index contributed by atoms with van der Waals surface area (Å²) in [6.07, 6.45) is 1.83. The summed E-state index contributed by atoms with van der Waals surface area (Å²) in [5.74, 6) is 0.327. The van der Waals surface area contributed by atoms with Crippen molar-refractivity contribution in [2.75, 3.05) is 19.6 Å². The monoisotopic (exact) mass is 349 g/mol. The average molecular weight is 349 g/mol. The van der Waals surface area contributed by atoms with Gasteiger partial charge in [-0.3, -0.25) is 4.90 Å². The molecule has 0 atom stereocenters. The number of hydrogen-bond acceptors (Lipinski definition) is 5. The van der Waals surface area contributed by atoms with E-state index in [1.807, 2.05) is 0 Å². The molecule has 0 fully saturated rings. The molecule has 0 saturated heterocycles. The van der Waals surface area contributed by atoms with E-state index >= 15 is 0 Å². The molecule has 1 aliphatic rings. The maximum absolute atomic E-state index is 12.3. The standard InChI is InChI=1S/C17H23N3O3S/c1-13-17(14(2)23-19-13)24(21,22)18-9-5-10-20-11-8-15-6-3-4-7-16(15)12-20/h3-4,6-7,18H,5,8-12H2,1-2H3. The minimum absolute atomic E-state index is 0.161. The van der Waals surface area contributed by atoms with Gasteiger partial charge in [-0.2, -0.15) is 0 Å². The Hall–Kier alpha value is -1.70. The van der Waals surface area contributed by atoms with Gasteiger partial charge in [0, 0.05) is 19.6 Å². The van der Waals surface area contributed by atoms with Gasteiger partial charge < -0.3 is 4.52 Å². The molecule has 0 radical (unpaired) electrons. The molecule has 0 spiro atoms. The van der Waals surface area contributed by atoms with E-state index in [-0.39, 0.29) is 4.90 Å². The van der Waals surface area contributed by atoms with Crippen LogP contribution < -0.4 is 4.72 Å². The minimum atomic E-state index is -3.55. The molecule has 6 nitrogen and oxygen atoms in total. The molecule has 0 aliphatic carbocycles. The van der Waals surface area contributed by atoms with Crippen LogP contribution in [0.25, 0.3) is 0 Å². The van der Waals surface area contributed by atoms with E-state index in [0.717, 1.165) is 32.5 Å². The van der Waals surface area contributed by atoms with E-state index in [9.17, 15) is 8.42 Å². The quantitative estimate of drug-likeness (QED) is 0.808. The number of fused-ring (bicyclic) bond motifs is 1. The summed E-state index contributed by atoms with van der Waals surface area (Å²) in [4.78, 5) is 2.53. The van der Waals surface area contributed by atoms with Gasteiger partial charge in [0.15, 0.2) is 5.76 Å². The van der Waals surface area contributed by atoms with Gasteiger partial charge in [-0.05, 0) is 44.4 Å². The normalized spacial score (nSPS) is 15.4. The number of rotatable bonds is 6. The lowest BCUT2D eigenvalue weighted by molar-refractivity contribution is 0.251. The van der Waals surface area contributed by atoms with Crippen molar-refractivity contribution in [1.29, 1.82) is 0 Å². The Morgan fingerprint density at radius 2 is 2.00 bits per heavy atom. The highest BCUT2D eigenvalue weighted by molar-refractivity contribution is 7.89. The number of aryl methyl sites for hydroxylation is 2. The highest BCUT2D eigenvalue weighted by atomic mass is 32.2. The third kappa shape index (κ3) is 3.68. The number of nitrogens with one attached hydrogen (secondary N) is 1. The Kier molecular flexibility index (Phi) is 5.03. The second kappa shape index (κ2) is 7.04. The van der Waals surface area contributed by atoms with Gasteiger partial charge in [0.25, 0.3) is 0 Å². The SMILES string of the molecule is Cc1noc(C)c1S(=O)(=O)NCCCN1CCc2ccccc2C1. The van der Waals surface area contributed by atoms with Crippen molar-refractivity contribution in [2.45, 2.75) is 38.1 Å². The third-order valence-corrected chi connectivity index (χ3v) is 6.09. The smallest absolute Gasteiger partial charge is 0.245 e. The number of aromatic nitrogens is 1. The Bertz CT molecular complexity index is 795. The van der Waals surface area contributed by atoms with Crippen molar-refractivity contribution in [1.82, 2.24) is 14.8 Å². The first kappa shape index (κ1) is 17.1. The molecule has 2 heterocycles. The second-order valence-electron chi connectivity index (χ2n) is 6.20. The van der Waals surface area contributed by atoms with E-state index in [2.05, 4.69) is 39.0 Å². The van der Waals surface area contributed by atoms with Crippen molar-refractivity contribution in [3.05, 3.63) is 46.8 Å². The number of nitrogens with zero attached hydrogens (tertiary/aromatic N) is 2. The van der Waals surface area contributed by atoms with Gasteiger partial charge in [-0.1, -0.05) is 29.4 Å². The van der Waals surface area contributed by atoms with Crippen LogP contribution >= 0.6 is 0 Å². The van der Waals surface area contributed by atoms with Gasteiger partial charge >= 0.3 is 0 Å². The second-order valence-corrected chi connectivity index (χ2v) is 7.90. The molecule has 3 rings (SSSR count). The first-order valence-corrected chi connectivity index (χ1v) is 9.67. The largest absolute Gasteiger partial charge is 0.360 e. The van der Waals surface area contributed by atoms with E-state index in [4.69, 9.17) is 4.52 Å². The summed E-state index contributed by atoms with van der Waals surface area (Å²) in [5.41, 5.74) is 3.19. The van der Waals surface area contributed by atoms with Crippen LogP contribution in [0.5, 0.6) is 0 Å². The fraction of sp³-hybridized carbons (Fsp3) is 0.471. The summed E-state index contributed by atoms with van der Waals surface area (Å²) >= 11 is 0. The molecule has 0 amide bonds. The first-order valence-electron chi connectivity index (χ1n) is 8.19. The lowest BCUT2D eigenvalue weighted by Crippen LogP contribution is -2.33. The van der Waals surface area contributed by atoms with E-state index < -0.39 is 10.0 Å². The van der Waals surface area contributed by atoms with E-state index in [0.29, 0.717) is 18.0 Å². The predicted octanol–water partition coefficient (Wildman–Crippen LogP) is 2.02. The van der Waals surface area contributed by atoms with Crippen LogP contribution in [0.1, 0.15) is 29.0 Å². The molecule has 1 aromatic heterocycles. The Labute approximate surface area is 142 Å². The van der Waals surface area contributed by atoms with Crippen LogP contribution in [0.15, 0.2) is 33.7 Å². The maximum Gasteiger partial charge on any atom is 0.245 e. The third-order valence-electron chi connectivity index (χ3n) is 4.39. The van der Waals surface area contributed by atoms with Crippen LogP contribution in [0.4, 0.5) is 0 Å². The molecule has 1 aliphatic heterocycles. The van der Waals surface area contributed by atoms with Crippen LogP contribution in [-0.2, 0) is 23.0 Å². The zero-order chi connectivity index (χ0) is 17.2. The number of benzene rings is 1. The summed E-state index contributed by atoms with van der Waals surface area (Å²) in [6.45, 7) is 6.49. The van der Waals surface area contributed by atoms with Gasteiger partial charge in [-0.25, -0.2) is 13.1 Å². The molecular weight excluding hydrogens is 326 g/mol. The lowest BCUT2D eigenvalue weighted by Gasteiger charge is -2.28.